The van der Waals surface area contributed by atoms with Crippen molar-refractivity contribution in [3.8, 4) is 5.75 Å². The third-order valence-electron chi connectivity index (χ3n) is 5.30. The molecule has 0 spiro atoms. The lowest BCUT2D eigenvalue weighted by atomic mass is 9.87. The number of carbonyl (C=O) groups excluding carboxylic acids is 2. The van der Waals surface area contributed by atoms with Gasteiger partial charge in [0.1, 0.15) is 18.4 Å². The number of rotatable bonds is 2. The number of hydrazone groups is 1. The number of amidine groups is 1. The monoisotopic (exact) mass is 357 g/mol. The lowest BCUT2D eigenvalue weighted by Gasteiger charge is -2.38. The average Bonchev–Trinajstić information content (AvgIpc) is 2.64. The zero-order valence-electron chi connectivity index (χ0n) is 14.9. The molecule has 0 radical (unpaired) electrons. The summed E-state index contributed by atoms with van der Waals surface area (Å²) in [6.45, 7) is 5.93. The molecule has 0 saturated carbocycles. The fourth-order valence-corrected chi connectivity index (χ4v) is 3.74. The van der Waals surface area contributed by atoms with Crippen LogP contribution in [0.5, 0.6) is 5.75 Å². The largest absolute Gasteiger partial charge is 0.483 e. The zero-order chi connectivity index (χ0) is 18.3. The number of benzene rings is 1. The minimum absolute atomic E-state index is 0.000318. The van der Waals surface area contributed by atoms with Gasteiger partial charge in [0, 0.05) is 11.6 Å². The highest BCUT2D eigenvalue weighted by Crippen LogP contribution is 2.37. The molecular weight excluding hydrogens is 334 g/mol. The van der Waals surface area contributed by atoms with Crippen LogP contribution in [0.15, 0.2) is 23.3 Å². The van der Waals surface area contributed by atoms with Crippen molar-refractivity contribution < 1.29 is 14.3 Å². The van der Waals surface area contributed by atoms with E-state index in [-0.39, 0.29) is 23.8 Å². The normalized spacial score (nSPS) is 27.5. The van der Waals surface area contributed by atoms with Crippen LogP contribution in [-0.2, 0) is 9.59 Å². The van der Waals surface area contributed by atoms with Gasteiger partial charge in [0.25, 0.3) is 5.91 Å². The lowest BCUT2D eigenvalue weighted by Crippen LogP contribution is -2.55. The van der Waals surface area contributed by atoms with E-state index in [0.29, 0.717) is 29.8 Å². The van der Waals surface area contributed by atoms with Crippen LogP contribution in [0, 0.1) is 11.8 Å². The summed E-state index contributed by atoms with van der Waals surface area (Å²) < 4.78 is 5.73. The van der Waals surface area contributed by atoms with E-state index in [1.54, 1.807) is 0 Å². The van der Waals surface area contributed by atoms with Crippen LogP contribution in [0.1, 0.15) is 20.3 Å². The van der Waals surface area contributed by atoms with Gasteiger partial charge in [-0.3, -0.25) is 9.59 Å². The van der Waals surface area contributed by atoms with Crippen LogP contribution in [0.2, 0.25) is 0 Å². The molecule has 0 aliphatic carbocycles. The van der Waals surface area contributed by atoms with E-state index in [9.17, 15) is 9.59 Å². The number of carbonyl (C=O) groups is 2. The number of nitrogens with one attached hydrogen (secondary N) is 3. The summed E-state index contributed by atoms with van der Waals surface area (Å²) in [5.41, 5.74) is 3.95. The molecule has 1 aromatic rings. The van der Waals surface area contributed by atoms with E-state index >= 15 is 0 Å². The zero-order valence-corrected chi connectivity index (χ0v) is 14.9. The Balaban J connectivity index is 1.59. The Morgan fingerprint density at radius 2 is 2.23 bits per heavy atom. The Morgan fingerprint density at radius 1 is 1.38 bits per heavy atom. The van der Waals surface area contributed by atoms with Gasteiger partial charge in [0.2, 0.25) is 5.91 Å². The summed E-state index contributed by atoms with van der Waals surface area (Å²) in [5.74, 6) is 1.50. The SMILES string of the molecule is CC1C(=O)NN=C2COc3ccc(NC(=O)[C@H]4CCNC[C@H]4C)cc3N21. The maximum Gasteiger partial charge on any atom is 0.262 e. The Kier molecular flexibility index (Phi) is 4.28. The number of anilines is 2. The van der Waals surface area contributed by atoms with E-state index in [0.717, 1.165) is 25.2 Å². The van der Waals surface area contributed by atoms with Crippen molar-refractivity contribution in [3.05, 3.63) is 18.2 Å². The quantitative estimate of drug-likeness (QED) is 0.731. The number of ether oxygens (including phenoxy) is 1. The Labute approximate surface area is 152 Å². The first kappa shape index (κ1) is 16.8. The van der Waals surface area contributed by atoms with Crippen molar-refractivity contribution in [2.75, 3.05) is 29.9 Å². The molecule has 1 fully saturated rings. The van der Waals surface area contributed by atoms with Gasteiger partial charge in [-0.05, 0) is 50.6 Å². The number of hydrogen-bond donors (Lipinski definition) is 3. The molecule has 26 heavy (non-hydrogen) atoms. The summed E-state index contributed by atoms with van der Waals surface area (Å²) in [5, 5.41) is 10.4. The minimum Gasteiger partial charge on any atom is -0.483 e. The maximum absolute atomic E-state index is 12.7. The summed E-state index contributed by atoms with van der Waals surface area (Å²) in [7, 11) is 0. The number of amides is 2. The topological polar surface area (TPSA) is 95.1 Å². The van der Waals surface area contributed by atoms with Crippen LogP contribution in [-0.4, -0.2) is 43.4 Å². The minimum atomic E-state index is -0.388. The second-order valence-corrected chi connectivity index (χ2v) is 7.09. The third kappa shape index (κ3) is 2.90. The van der Waals surface area contributed by atoms with E-state index in [2.05, 4.69) is 28.1 Å². The molecule has 0 aromatic heterocycles. The molecule has 1 saturated heterocycles. The first-order valence-corrected chi connectivity index (χ1v) is 8.98. The second kappa shape index (κ2) is 6.60. The molecule has 8 nitrogen and oxygen atoms in total. The molecule has 3 N–H and O–H groups in total. The Bertz CT molecular complexity index is 778. The Morgan fingerprint density at radius 3 is 3.04 bits per heavy atom. The first-order chi connectivity index (χ1) is 12.5. The molecule has 3 aliphatic heterocycles. The van der Waals surface area contributed by atoms with Gasteiger partial charge in [0.15, 0.2) is 5.84 Å². The molecule has 3 atom stereocenters. The van der Waals surface area contributed by atoms with Crippen molar-refractivity contribution in [1.29, 1.82) is 0 Å². The molecule has 0 bridgehead atoms. The van der Waals surface area contributed by atoms with Gasteiger partial charge >= 0.3 is 0 Å². The summed E-state index contributed by atoms with van der Waals surface area (Å²) in [6.07, 6.45) is 0.835. The molecule has 138 valence electrons. The van der Waals surface area contributed by atoms with Gasteiger partial charge in [-0.2, -0.15) is 5.10 Å². The third-order valence-corrected chi connectivity index (χ3v) is 5.30. The molecule has 1 unspecified atom stereocenters. The van der Waals surface area contributed by atoms with Crippen molar-refractivity contribution in [1.82, 2.24) is 10.7 Å². The van der Waals surface area contributed by atoms with Crippen molar-refractivity contribution in [2.24, 2.45) is 16.9 Å². The fraction of sp³-hybridized carbons (Fsp3) is 0.500. The predicted molar refractivity (Wildman–Crippen MR) is 98.2 cm³/mol. The van der Waals surface area contributed by atoms with Crippen LogP contribution in [0.4, 0.5) is 11.4 Å². The standard InChI is InChI=1S/C18H23N5O3/c1-10-8-19-6-5-13(10)18(25)20-12-3-4-15-14(7-12)23-11(2)17(24)22-21-16(23)9-26-15/h3-4,7,10-11,13,19H,5-6,8-9H2,1-2H3,(H,20,25)(H,22,24)/t10-,11?,13+/m1/s1. The Hall–Kier alpha value is -2.61. The smallest absolute Gasteiger partial charge is 0.262 e. The highest BCUT2D eigenvalue weighted by atomic mass is 16.5. The van der Waals surface area contributed by atoms with E-state index < -0.39 is 0 Å². The van der Waals surface area contributed by atoms with E-state index in [1.165, 1.54) is 0 Å². The lowest BCUT2D eigenvalue weighted by molar-refractivity contribution is -0.122. The molecule has 1 aromatic carbocycles. The van der Waals surface area contributed by atoms with E-state index in [4.69, 9.17) is 4.74 Å². The van der Waals surface area contributed by atoms with Crippen molar-refractivity contribution in [2.45, 2.75) is 26.3 Å². The van der Waals surface area contributed by atoms with E-state index in [1.807, 2.05) is 30.0 Å². The molecular formula is C18H23N5O3. The van der Waals surface area contributed by atoms with Gasteiger partial charge < -0.3 is 20.3 Å². The van der Waals surface area contributed by atoms with Gasteiger partial charge in [-0.15, -0.1) is 0 Å². The first-order valence-electron chi connectivity index (χ1n) is 8.98. The van der Waals surface area contributed by atoms with Gasteiger partial charge in [-0.1, -0.05) is 6.92 Å². The summed E-state index contributed by atoms with van der Waals surface area (Å²) in [4.78, 5) is 26.5. The molecule has 3 aliphatic rings. The number of fused-ring (bicyclic) bond motifs is 3. The maximum atomic E-state index is 12.7. The highest BCUT2D eigenvalue weighted by Gasteiger charge is 2.35. The predicted octanol–water partition coefficient (Wildman–Crippen LogP) is 0.901. The van der Waals surface area contributed by atoms with Crippen LogP contribution in [0.3, 0.4) is 0 Å². The fourth-order valence-electron chi connectivity index (χ4n) is 3.74. The molecule has 3 heterocycles. The van der Waals surface area contributed by atoms with Gasteiger partial charge in [0.05, 0.1) is 5.69 Å². The van der Waals surface area contributed by atoms with Gasteiger partial charge in [-0.25, -0.2) is 5.43 Å². The average molecular weight is 357 g/mol. The number of hydrogen-bond acceptors (Lipinski definition) is 6. The highest BCUT2D eigenvalue weighted by molar-refractivity contribution is 6.09. The molecule has 2 amide bonds. The molecule has 4 rings (SSSR count). The molecule has 8 heteroatoms. The van der Waals surface area contributed by atoms with Crippen molar-refractivity contribution >= 4 is 29.0 Å². The number of nitrogens with zero attached hydrogens (tertiary/aromatic N) is 2. The summed E-state index contributed by atoms with van der Waals surface area (Å²) >= 11 is 0. The number of piperidine rings is 1. The van der Waals surface area contributed by atoms with Crippen molar-refractivity contribution in [3.63, 3.8) is 0 Å². The van der Waals surface area contributed by atoms with Crippen LogP contribution >= 0.6 is 0 Å². The van der Waals surface area contributed by atoms with Crippen LogP contribution < -0.4 is 25.7 Å². The second-order valence-electron chi connectivity index (χ2n) is 7.09. The van der Waals surface area contributed by atoms with Crippen LogP contribution in [0.25, 0.3) is 0 Å². The summed E-state index contributed by atoms with van der Waals surface area (Å²) in [6, 6.07) is 5.12.